The summed E-state index contributed by atoms with van der Waals surface area (Å²) in [5.74, 6) is 0. The van der Waals surface area contributed by atoms with E-state index in [1.54, 1.807) is 18.6 Å². The second-order valence-corrected chi connectivity index (χ2v) is 4.88. The second-order valence-electron chi connectivity index (χ2n) is 4.88. The van der Waals surface area contributed by atoms with E-state index in [0.29, 0.717) is 18.7 Å². The molecule has 0 aliphatic heterocycles. The molecule has 0 bridgehead atoms. The van der Waals surface area contributed by atoms with Crippen molar-refractivity contribution in [3.63, 3.8) is 0 Å². The first-order valence-corrected chi connectivity index (χ1v) is 7.07. The van der Waals surface area contributed by atoms with Crippen molar-refractivity contribution < 1.29 is 9.90 Å². The molecule has 6 heteroatoms. The molecule has 3 rings (SSSR count). The van der Waals surface area contributed by atoms with Crippen LogP contribution in [0.4, 0.5) is 10.5 Å². The summed E-state index contributed by atoms with van der Waals surface area (Å²) in [4.78, 5) is 20.5. The van der Waals surface area contributed by atoms with Crippen LogP contribution < -0.4 is 10.6 Å². The zero-order valence-corrected chi connectivity index (χ0v) is 11.9. The highest BCUT2D eigenvalue weighted by Gasteiger charge is 2.09. The van der Waals surface area contributed by atoms with Crippen LogP contribution in [0.5, 0.6) is 0 Å². The minimum atomic E-state index is -0.299. The number of hydrogen-bond donors (Lipinski definition) is 3. The number of benzene rings is 1. The Kier molecular flexibility index (Phi) is 4.11. The zero-order chi connectivity index (χ0) is 15.4. The summed E-state index contributed by atoms with van der Waals surface area (Å²) in [5, 5.41) is 17.1. The van der Waals surface area contributed by atoms with E-state index < -0.39 is 0 Å². The highest BCUT2D eigenvalue weighted by molar-refractivity contribution is 6.12. The third kappa shape index (κ3) is 2.82. The molecular formula is C16H16N4O2. The maximum Gasteiger partial charge on any atom is 0.319 e. The first-order chi connectivity index (χ1) is 10.8. The van der Waals surface area contributed by atoms with Gasteiger partial charge < -0.3 is 15.7 Å². The fourth-order valence-electron chi connectivity index (χ4n) is 2.35. The number of nitrogens with zero attached hydrogens (tertiary/aromatic N) is 2. The van der Waals surface area contributed by atoms with Crippen molar-refractivity contribution in [1.29, 1.82) is 0 Å². The number of rotatable bonds is 4. The number of aliphatic hydroxyl groups is 1. The van der Waals surface area contributed by atoms with Gasteiger partial charge in [0.25, 0.3) is 0 Å². The largest absolute Gasteiger partial charge is 0.396 e. The maximum absolute atomic E-state index is 11.9. The highest BCUT2D eigenvalue weighted by atomic mass is 16.3. The van der Waals surface area contributed by atoms with Crippen molar-refractivity contribution in [1.82, 2.24) is 15.3 Å². The zero-order valence-electron chi connectivity index (χ0n) is 11.9. The summed E-state index contributed by atoms with van der Waals surface area (Å²) in [6, 6.07) is 7.25. The van der Waals surface area contributed by atoms with Gasteiger partial charge in [-0.15, -0.1) is 0 Å². The number of carbonyl (C=O) groups excluding carboxylic acids is 1. The van der Waals surface area contributed by atoms with Gasteiger partial charge in [-0.2, -0.15) is 0 Å². The normalized spacial score (nSPS) is 10.8. The molecule has 1 aromatic carbocycles. The van der Waals surface area contributed by atoms with Gasteiger partial charge in [-0.05, 0) is 36.1 Å². The molecule has 2 aromatic heterocycles. The molecule has 0 aliphatic rings. The Balaban J connectivity index is 1.99. The molecule has 0 spiro atoms. The smallest absolute Gasteiger partial charge is 0.319 e. The minimum Gasteiger partial charge on any atom is -0.396 e. The Hall–Kier alpha value is -2.73. The molecular weight excluding hydrogens is 280 g/mol. The summed E-state index contributed by atoms with van der Waals surface area (Å²) in [5.41, 5.74) is 1.50. The number of hydrogen-bond acceptors (Lipinski definition) is 4. The third-order valence-corrected chi connectivity index (χ3v) is 3.38. The van der Waals surface area contributed by atoms with Gasteiger partial charge in [0.2, 0.25) is 0 Å². The van der Waals surface area contributed by atoms with Crippen LogP contribution in [0, 0.1) is 0 Å². The molecule has 0 fully saturated rings. The summed E-state index contributed by atoms with van der Waals surface area (Å²) in [6.45, 7) is 0.478. The van der Waals surface area contributed by atoms with Gasteiger partial charge in [-0.1, -0.05) is 0 Å². The first kappa shape index (κ1) is 14.2. The number of anilines is 1. The molecule has 0 saturated heterocycles. The van der Waals surface area contributed by atoms with E-state index in [2.05, 4.69) is 20.6 Å². The van der Waals surface area contributed by atoms with E-state index in [-0.39, 0.29) is 12.6 Å². The first-order valence-electron chi connectivity index (χ1n) is 7.07. The summed E-state index contributed by atoms with van der Waals surface area (Å²) in [7, 11) is 0. The van der Waals surface area contributed by atoms with Crippen LogP contribution in [0.2, 0.25) is 0 Å². The lowest BCUT2D eigenvalue weighted by Crippen LogP contribution is -2.30. The molecule has 3 aromatic rings. The predicted molar refractivity (Wildman–Crippen MR) is 85.8 cm³/mol. The molecule has 22 heavy (non-hydrogen) atoms. The number of fused-ring (bicyclic) bond motifs is 3. The monoisotopic (exact) mass is 296 g/mol. The summed E-state index contributed by atoms with van der Waals surface area (Å²) < 4.78 is 0. The van der Waals surface area contributed by atoms with E-state index >= 15 is 0 Å². The van der Waals surface area contributed by atoms with Crippen LogP contribution in [0.25, 0.3) is 21.7 Å². The van der Waals surface area contributed by atoms with E-state index in [9.17, 15) is 4.79 Å². The van der Waals surface area contributed by atoms with Gasteiger partial charge in [0.15, 0.2) is 0 Å². The van der Waals surface area contributed by atoms with E-state index in [0.717, 1.165) is 21.7 Å². The average molecular weight is 296 g/mol. The van der Waals surface area contributed by atoms with Crippen LogP contribution in [0.15, 0.2) is 42.9 Å². The predicted octanol–water partition coefficient (Wildman–Crippen LogP) is 2.29. The van der Waals surface area contributed by atoms with E-state index in [1.807, 2.05) is 24.3 Å². The molecule has 2 amide bonds. The average Bonchev–Trinajstić information content (AvgIpc) is 2.55. The molecule has 2 heterocycles. The summed E-state index contributed by atoms with van der Waals surface area (Å²) in [6.07, 6.45) is 5.73. The molecule has 0 aliphatic carbocycles. The number of amides is 2. The SMILES string of the molecule is O=C(NCCCO)Nc1cc2ccncc2c2ncccc12. The maximum atomic E-state index is 11.9. The van der Waals surface area contributed by atoms with Gasteiger partial charge in [-0.3, -0.25) is 9.97 Å². The number of urea groups is 1. The van der Waals surface area contributed by atoms with E-state index in [4.69, 9.17) is 5.11 Å². The number of pyridine rings is 2. The number of nitrogens with one attached hydrogen (secondary N) is 2. The van der Waals surface area contributed by atoms with Crippen molar-refractivity contribution in [2.45, 2.75) is 6.42 Å². The Bertz CT molecular complexity index is 819. The molecule has 0 atom stereocenters. The Morgan fingerprint density at radius 1 is 1.23 bits per heavy atom. The topological polar surface area (TPSA) is 87.1 Å². The van der Waals surface area contributed by atoms with Gasteiger partial charge >= 0.3 is 6.03 Å². The number of aromatic nitrogens is 2. The molecule has 6 nitrogen and oxygen atoms in total. The lowest BCUT2D eigenvalue weighted by Gasteiger charge is -2.11. The lowest BCUT2D eigenvalue weighted by atomic mass is 10.1. The quantitative estimate of drug-likeness (QED) is 0.509. The van der Waals surface area contributed by atoms with Gasteiger partial charge in [0, 0.05) is 42.5 Å². The molecule has 3 N–H and O–H groups in total. The standard InChI is InChI=1S/C16H16N4O2/c21-8-2-6-19-16(22)20-14-9-11-4-7-17-10-13(11)15-12(14)3-1-5-18-15/h1,3-5,7,9-10,21H,2,6,8H2,(H2,19,20,22). The van der Waals surface area contributed by atoms with Crippen molar-refractivity contribution in [3.8, 4) is 0 Å². The molecule has 112 valence electrons. The Morgan fingerprint density at radius 3 is 3.00 bits per heavy atom. The van der Waals surface area contributed by atoms with Crippen molar-refractivity contribution in [2.75, 3.05) is 18.5 Å². The number of carbonyl (C=O) groups is 1. The highest BCUT2D eigenvalue weighted by Crippen LogP contribution is 2.29. The van der Waals surface area contributed by atoms with Crippen LogP contribution in [0.3, 0.4) is 0 Å². The Morgan fingerprint density at radius 2 is 2.14 bits per heavy atom. The summed E-state index contributed by atoms with van der Waals surface area (Å²) >= 11 is 0. The third-order valence-electron chi connectivity index (χ3n) is 3.38. The van der Waals surface area contributed by atoms with Crippen LogP contribution >= 0.6 is 0 Å². The minimum absolute atomic E-state index is 0.0517. The Labute approximate surface area is 127 Å². The van der Waals surface area contributed by atoms with Gasteiger partial charge in [0.1, 0.15) is 0 Å². The molecule has 0 unspecified atom stereocenters. The van der Waals surface area contributed by atoms with Crippen LogP contribution in [0.1, 0.15) is 6.42 Å². The second kappa shape index (κ2) is 6.36. The van der Waals surface area contributed by atoms with Gasteiger partial charge in [0.05, 0.1) is 11.2 Å². The fraction of sp³-hybridized carbons (Fsp3) is 0.188. The fourth-order valence-corrected chi connectivity index (χ4v) is 2.35. The lowest BCUT2D eigenvalue weighted by molar-refractivity contribution is 0.249. The van der Waals surface area contributed by atoms with Crippen molar-refractivity contribution in [3.05, 3.63) is 42.9 Å². The van der Waals surface area contributed by atoms with Crippen LogP contribution in [-0.2, 0) is 0 Å². The van der Waals surface area contributed by atoms with Gasteiger partial charge in [-0.25, -0.2) is 4.79 Å². The number of aliphatic hydroxyl groups excluding tert-OH is 1. The molecule has 0 saturated carbocycles. The van der Waals surface area contributed by atoms with Crippen molar-refractivity contribution >= 4 is 33.4 Å². The van der Waals surface area contributed by atoms with Crippen LogP contribution in [-0.4, -0.2) is 34.3 Å². The molecule has 0 radical (unpaired) electrons. The van der Waals surface area contributed by atoms with Crippen molar-refractivity contribution in [2.24, 2.45) is 0 Å². The van der Waals surface area contributed by atoms with E-state index in [1.165, 1.54) is 0 Å².